The lowest BCUT2D eigenvalue weighted by Crippen LogP contribution is -2.42. The second-order valence-electron chi connectivity index (χ2n) is 11.2. The van der Waals surface area contributed by atoms with Gasteiger partial charge in [-0.3, -0.25) is 0 Å². The van der Waals surface area contributed by atoms with Gasteiger partial charge >= 0.3 is 6.36 Å². The molecule has 12 heteroatoms. The number of aryl methyl sites for hydroxylation is 1. The van der Waals surface area contributed by atoms with Crippen molar-refractivity contribution < 1.29 is 17.9 Å². The van der Waals surface area contributed by atoms with Gasteiger partial charge in [0.05, 0.1) is 5.69 Å². The van der Waals surface area contributed by atoms with Gasteiger partial charge in [0.25, 0.3) is 0 Å². The minimum atomic E-state index is -4.74. The molecule has 1 atom stereocenters. The molecule has 1 aliphatic rings. The number of halogens is 3. The largest absolute Gasteiger partial charge is 0.573 e. The number of nitrogens with one attached hydrogen (secondary N) is 1. The van der Waals surface area contributed by atoms with E-state index < -0.39 is 6.36 Å². The van der Waals surface area contributed by atoms with E-state index in [0.29, 0.717) is 35.1 Å². The third-order valence-electron chi connectivity index (χ3n) is 7.41. The molecular formula is C33H35F3N6OS2. The van der Waals surface area contributed by atoms with Crippen LogP contribution in [0.5, 0.6) is 5.75 Å². The van der Waals surface area contributed by atoms with E-state index in [-0.39, 0.29) is 5.75 Å². The van der Waals surface area contributed by atoms with Gasteiger partial charge in [0.15, 0.2) is 16.1 Å². The van der Waals surface area contributed by atoms with Crippen LogP contribution in [0.2, 0.25) is 0 Å². The van der Waals surface area contributed by atoms with Crippen molar-refractivity contribution >= 4 is 39.9 Å². The van der Waals surface area contributed by atoms with Gasteiger partial charge in [0.1, 0.15) is 12.1 Å². The Morgan fingerprint density at radius 2 is 1.84 bits per heavy atom. The molecule has 0 spiro atoms. The number of ether oxygens (including phenoxy) is 1. The third kappa shape index (κ3) is 8.43. The first kappa shape index (κ1) is 32.5. The summed E-state index contributed by atoms with van der Waals surface area (Å²) in [4.78, 5) is 11.6. The molecule has 1 fully saturated rings. The Labute approximate surface area is 270 Å². The molecule has 0 amide bonds. The van der Waals surface area contributed by atoms with Gasteiger partial charge in [-0.05, 0) is 91.8 Å². The minimum absolute atomic E-state index is 0.295. The number of nitrogens with zero attached hydrogens (tertiary/aromatic N) is 5. The van der Waals surface area contributed by atoms with Gasteiger partial charge in [-0.25, -0.2) is 9.67 Å². The normalized spacial score (nSPS) is 16.3. The highest BCUT2D eigenvalue weighted by molar-refractivity contribution is 8.14. The van der Waals surface area contributed by atoms with Gasteiger partial charge in [0, 0.05) is 29.6 Å². The van der Waals surface area contributed by atoms with E-state index in [1.54, 1.807) is 11.8 Å². The molecule has 3 aromatic carbocycles. The maximum absolute atomic E-state index is 12.4. The molecule has 0 radical (unpaired) electrons. The molecule has 1 aromatic heterocycles. The van der Waals surface area contributed by atoms with Gasteiger partial charge in [-0.2, -0.15) is 4.99 Å². The molecule has 45 heavy (non-hydrogen) atoms. The van der Waals surface area contributed by atoms with Crippen molar-refractivity contribution in [3.05, 3.63) is 89.7 Å². The van der Waals surface area contributed by atoms with Gasteiger partial charge in [0.2, 0.25) is 0 Å². The van der Waals surface area contributed by atoms with Gasteiger partial charge in [-0.15, -0.1) is 18.3 Å². The summed E-state index contributed by atoms with van der Waals surface area (Å²) in [5, 5.41) is 9.18. The van der Waals surface area contributed by atoms with E-state index in [2.05, 4.69) is 70.9 Å². The highest BCUT2D eigenvalue weighted by atomic mass is 32.2. The Balaban J connectivity index is 1.18. The lowest BCUT2D eigenvalue weighted by atomic mass is 9.98. The number of hydrogen-bond donors (Lipinski definition) is 1. The number of thiocarbonyl (C=S) groups is 1. The van der Waals surface area contributed by atoms with E-state index >= 15 is 0 Å². The first-order valence-electron chi connectivity index (χ1n) is 14.7. The molecule has 1 N–H and O–H groups in total. The number of aliphatic imine (C=N–C) groups is 1. The predicted octanol–water partition coefficient (Wildman–Crippen LogP) is 8.07. The number of alkyl halides is 3. The van der Waals surface area contributed by atoms with E-state index in [9.17, 15) is 13.2 Å². The number of amidine groups is 1. The summed E-state index contributed by atoms with van der Waals surface area (Å²) in [5.74, 6) is 1.61. The molecule has 236 valence electrons. The fraction of sp³-hybridized carbons (Fsp3) is 0.333. The lowest BCUT2D eigenvalue weighted by molar-refractivity contribution is -0.274. The summed E-state index contributed by atoms with van der Waals surface area (Å²) in [6.07, 6.45) is -1.39. The predicted molar refractivity (Wildman–Crippen MR) is 180 cm³/mol. The first-order valence-corrected chi connectivity index (χ1v) is 16.1. The summed E-state index contributed by atoms with van der Waals surface area (Å²) in [5.41, 5.74) is 6.24. The van der Waals surface area contributed by atoms with Crippen LogP contribution in [0.25, 0.3) is 17.1 Å². The highest BCUT2D eigenvalue weighted by Gasteiger charge is 2.31. The van der Waals surface area contributed by atoms with Crippen molar-refractivity contribution in [3.8, 4) is 22.8 Å². The zero-order valence-corrected chi connectivity index (χ0v) is 27.1. The molecule has 7 nitrogen and oxygen atoms in total. The van der Waals surface area contributed by atoms with E-state index in [0.717, 1.165) is 34.9 Å². The van der Waals surface area contributed by atoms with Crippen LogP contribution < -0.4 is 15.0 Å². The number of hydrogen-bond acceptors (Lipinski definition) is 5. The molecule has 2 heterocycles. The first-order chi connectivity index (χ1) is 21.5. The van der Waals surface area contributed by atoms with Crippen LogP contribution in [0.4, 0.5) is 18.9 Å². The topological polar surface area (TPSA) is 67.6 Å². The maximum atomic E-state index is 12.4. The van der Waals surface area contributed by atoms with Crippen molar-refractivity contribution in [1.29, 1.82) is 0 Å². The highest BCUT2D eigenvalue weighted by Crippen LogP contribution is 2.35. The van der Waals surface area contributed by atoms with Gasteiger partial charge in [-0.1, -0.05) is 62.0 Å². The zero-order chi connectivity index (χ0) is 32.1. The van der Waals surface area contributed by atoms with E-state index in [1.807, 2.05) is 24.3 Å². The summed E-state index contributed by atoms with van der Waals surface area (Å²) in [6, 6.07) is 20.3. The number of aromatic nitrogens is 3. The third-order valence-corrected chi connectivity index (χ3v) is 8.63. The monoisotopic (exact) mass is 652 g/mol. The summed E-state index contributed by atoms with van der Waals surface area (Å²) >= 11 is 7.39. The molecule has 1 aliphatic heterocycles. The fourth-order valence-corrected chi connectivity index (χ4v) is 6.53. The Hall–Kier alpha value is -3.90. The Kier molecular flexibility index (Phi) is 10.1. The standard InChI is InChI=1S/C33H35F3N6OS2/c1-21(2)28-14-5-22(3)19-29(28)42-23(4)16-18-45-32(42)39-31(44)37-17-15-24-6-8-25(9-7-24)30-38-20-41(40-30)26-10-12-27(13-11-26)43-33(34,35)36/h5-14,19-21,23H,15-18H2,1-4H3,(H,37,44). The van der Waals surface area contributed by atoms with Crippen molar-refractivity contribution in [3.63, 3.8) is 0 Å². The van der Waals surface area contributed by atoms with Gasteiger partial charge < -0.3 is 15.0 Å². The number of anilines is 1. The molecule has 1 unspecified atom stereocenters. The van der Waals surface area contributed by atoms with Crippen LogP contribution in [0.3, 0.4) is 0 Å². The second kappa shape index (κ2) is 14.0. The van der Waals surface area contributed by atoms with E-state index in [1.165, 1.54) is 52.1 Å². The minimum Gasteiger partial charge on any atom is -0.406 e. The summed E-state index contributed by atoms with van der Waals surface area (Å²) < 4.78 is 42.7. The van der Waals surface area contributed by atoms with Crippen LogP contribution in [0.1, 0.15) is 49.8 Å². The zero-order valence-electron chi connectivity index (χ0n) is 25.5. The Morgan fingerprint density at radius 1 is 1.11 bits per heavy atom. The van der Waals surface area contributed by atoms with Crippen LogP contribution in [0, 0.1) is 6.92 Å². The lowest BCUT2D eigenvalue weighted by Gasteiger charge is -2.37. The average molecular weight is 653 g/mol. The van der Waals surface area contributed by atoms with Crippen LogP contribution >= 0.6 is 24.0 Å². The second-order valence-corrected chi connectivity index (χ2v) is 12.6. The van der Waals surface area contributed by atoms with Crippen LogP contribution in [0.15, 0.2) is 78.0 Å². The fourth-order valence-electron chi connectivity index (χ4n) is 5.07. The average Bonchev–Trinajstić information content (AvgIpc) is 3.47. The van der Waals surface area contributed by atoms with Crippen LogP contribution in [-0.4, -0.2) is 49.7 Å². The molecule has 4 aromatic rings. The molecule has 1 saturated heterocycles. The van der Waals surface area contributed by atoms with Crippen molar-refractivity contribution in [2.45, 2.75) is 58.9 Å². The number of rotatable bonds is 8. The van der Waals surface area contributed by atoms with E-state index in [4.69, 9.17) is 17.2 Å². The molecule has 0 saturated carbocycles. The SMILES string of the molecule is Cc1ccc(C(C)C)c(N2C(=NC(=S)NCCc3ccc(-c4ncn(-c5ccc(OC(F)(F)F)cc5)n4)cc3)SCCC2C)c1. The van der Waals surface area contributed by atoms with Crippen molar-refractivity contribution in [1.82, 2.24) is 20.1 Å². The van der Waals surface area contributed by atoms with Crippen LogP contribution in [-0.2, 0) is 6.42 Å². The smallest absolute Gasteiger partial charge is 0.406 e. The molecular weight excluding hydrogens is 618 g/mol. The molecule has 0 aliphatic carbocycles. The van der Waals surface area contributed by atoms with Crippen molar-refractivity contribution in [2.75, 3.05) is 17.2 Å². The quantitative estimate of drug-likeness (QED) is 0.193. The molecule has 0 bridgehead atoms. The maximum Gasteiger partial charge on any atom is 0.573 e. The number of thioether (sulfide) groups is 1. The molecule has 5 rings (SSSR count). The summed E-state index contributed by atoms with van der Waals surface area (Å²) in [6.45, 7) is 9.44. The Bertz CT molecular complexity index is 1650. The van der Waals surface area contributed by atoms with Crippen molar-refractivity contribution in [2.24, 2.45) is 4.99 Å². The number of benzene rings is 3. The Morgan fingerprint density at radius 3 is 2.53 bits per heavy atom. The summed E-state index contributed by atoms with van der Waals surface area (Å²) in [7, 11) is 0.